The molecule has 1 aliphatic heterocycles. The average molecular weight is 245 g/mol. The summed E-state index contributed by atoms with van der Waals surface area (Å²) in [5.41, 5.74) is 1.34. The summed E-state index contributed by atoms with van der Waals surface area (Å²) in [6, 6.07) is 5.54. The van der Waals surface area contributed by atoms with Gasteiger partial charge in [-0.05, 0) is 43.9 Å². The van der Waals surface area contributed by atoms with Gasteiger partial charge in [0.25, 0.3) is 0 Å². The molecule has 3 rings (SSSR count). The van der Waals surface area contributed by atoms with E-state index in [4.69, 9.17) is 0 Å². The molecule has 2 aliphatic rings. The Hall–Kier alpha value is -1.09. The molecule has 2 heterocycles. The Morgan fingerprint density at radius 1 is 1.06 bits per heavy atom. The molecule has 0 amide bonds. The first kappa shape index (κ1) is 12.0. The van der Waals surface area contributed by atoms with Crippen LogP contribution in [0, 0.1) is 0 Å². The number of pyridine rings is 1. The summed E-state index contributed by atoms with van der Waals surface area (Å²) in [4.78, 5) is 4.57. The minimum absolute atomic E-state index is 0.520. The van der Waals surface area contributed by atoms with E-state index in [1.165, 1.54) is 50.5 Å². The highest BCUT2D eigenvalue weighted by Gasteiger charge is 2.16. The molecule has 3 heteroatoms. The highest BCUT2D eigenvalue weighted by molar-refractivity contribution is 5.37. The van der Waals surface area contributed by atoms with E-state index in [9.17, 15) is 0 Å². The van der Waals surface area contributed by atoms with Crippen LogP contribution in [0.3, 0.4) is 0 Å². The summed E-state index contributed by atoms with van der Waals surface area (Å²) in [5, 5.41) is 7.11. The average Bonchev–Trinajstić information content (AvgIpc) is 2.94. The van der Waals surface area contributed by atoms with Crippen LogP contribution in [0.5, 0.6) is 0 Å². The zero-order chi connectivity index (χ0) is 12.2. The molecule has 0 aromatic carbocycles. The second-order valence-corrected chi connectivity index (χ2v) is 5.60. The van der Waals surface area contributed by atoms with Crippen LogP contribution in [-0.4, -0.2) is 17.6 Å². The number of nitrogens with one attached hydrogen (secondary N) is 2. The number of aromatic nitrogens is 1. The van der Waals surface area contributed by atoms with Crippen LogP contribution in [0.15, 0.2) is 18.3 Å². The van der Waals surface area contributed by atoms with Crippen molar-refractivity contribution in [3.8, 4) is 0 Å². The van der Waals surface area contributed by atoms with Gasteiger partial charge in [-0.25, -0.2) is 4.98 Å². The van der Waals surface area contributed by atoms with Crippen molar-refractivity contribution in [2.45, 2.75) is 57.0 Å². The number of hydrogen-bond acceptors (Lipinski definition) is 3. The molecule has 1 aliphatic carbocycles. The maximum Gasteiger partial charge on any atom is 0.126 e. The number of piperidine rings is 1. The van der Waals surface area contributed by atoms with Crippen LogP contribution in [0.4, 0.5) is 5.82 Å². The molecule has 0 spiro atoms. The molecule has 98 valence electrons. The lowest BCUT2D eigenvalue weighted by atomic mass is 9.99. The van der Waals surface area contributed by atoms with Gasteiger partial charge in [0, 0.05) is 18.3 Å². The number of nitrogens with zero attached hydrogens (tertiary/aromatic N) is 1. The third-order valence-corrected chi connectivity index (χ3v) is 4.21. The summed E-state index contributed by atoms with van der Waals surface area (Å²) in [6.07, 6.45) is 11.3. The Kier molecular flexibility index (Phi) is 3.79. The van der Waals surface area contributed by atoms with Crippen molar-refractivity contribution in [1.82, 2.24) is 10.3 Å². The summed E-state index contributed by atoms with van der Waals surface area (Å²) >= 11 is 0. The summed E-state index contributed by atoms with van der Waals surface area (Å²) < 4.78 is 0. The van der Waals surface area contributed by atoms with Gasteiger partial charge in [0.05, 0.1) is 0 Å². The Balaban J connectivity index is 1.60. The van der Waals surface area contributed by atoms with E-state index in [2.05, 4.69) is 27.8 Å². The Labute approximate surface area is 109 Å². The van der Waals surface area contributed by atoms with Crippen molar-refractivity contribution in [2.75, 3.05) is 11.9 Å². The molecule has 2 fully saturated rings. The Morgan fingerprint density at radius 3 is 2.56 bits per heavy atom. The van der Waals surface area contributed by atoms with Crippen LogP contribution in [0.25, 0.3) is 0 Å². The van der Waals surface area contributed by atoms with Crippen molar-refractivity contribution in [3.05, 3.63) is 23.9 Å². The van der Waals surface area contributed by atoms with Crippen molar-refractivity contribution in [3.63, 3.8) is 0 Å². The van der Waals surface area contributed by atoms with Gasteiger partial charge in [-0.2, -0.15) is 0 Å². The van der Waals surface area contributed by atoms with E-state index in [-0.39, 0.29) is 0 Å². The van der Waals surface area contributed by atoms with Gasteiger partial charge in [0.15, 0.2) is 0 Å². The van der Waals surface area contributed by atoms with Crippen molar-refractivity contribution < 1.29 is 0 Å². The smallest absolute Gasteiger partial charge is 0.126 e. The largest absolute Gasteiger partial charge is 0.367 e. The van der Waals surface area contributed by atoms with Crippen molar-refractivity contribution >= 4 is 5.82 Å². The highest BCUT2D eigenvalue weighted by Crippen LogP contribution is 2.24. The third kappa shape index (κ3) is 2.83. The van der Waals surface area contributed by atoms with Gasteiger partial charge in [-0.3, -0.25) is 0 Å². The summed E-state index contributed by atoms with van der Waals surface area (Å²) in [5.74, 6) is 1.04. The second kappa shape index (κ2) is 5.70. The molecule has 2 N–H and O–H groups in total. The maximum absolute atomic E-state index is 4.57. The molecule has 18 heavy (non-hydrogen) atoms. The zero-order valence-electron chi connectivity index (χ0n) is 11.0. The number of hydrogen-bond donors (Lipinski definition) is 2. The van der Waals surface area contributed by atoms with E-state index >= 15 is 0 Å². The van der Waals surface area contributed by atoms with Crippen molar-refractivity contribution in [1.29, 1.82) is 0 Å². The lowest BCUT2D eigenvalue weighted by Gasteiger charge is -2.23. The minimum atomic E-state index is 0.520. The van der Waals surface area contributed by atoms with Crippen LogP contribution < -0.4 is 10.6 Å². The number of anilines is 1. The van der Waals surface area contributed by atoms with Crippen LogP contribution in [0.1, 0.15) is 56.6 Å². The topological polar surface area (TPSA) is 37.0 Å². The summed E-state index contributed by atoms with van der Waals surface area (Å²) in [6.45, 7) is 1.15. The van der Waals surface area contributed by atoms with E-state index < -0.39 is 0 Å². The first-order valence-electron chi connectivity index (χ1n) is 7.38. The predicted molar refractivity (Wildman–Crippen MR) is 74.7 cm³/mol. The molecule has 1 saturated heterocycles. The monoisotopic (exact) mass is 245 g/mol. The van der Waals surface area contributed by atoms with Crippen LogP contribution in [0.2, 0.25) is 0 Å². The normalized spacial score (nSPS) is 25.2. The zero-order valence-corrected chi connectivity index (χ0v) is 11.0. The van der Waals surface area contributed by atoms with Gasteiger partial charge in [0.2, 0.25) is 0 Å². The van der Waals surface area contributed by atoms with Gasteiger partial charge >= 0.3 is 0 Å². The lowest BCUT2D eigenvalue weighted by molar-refractivity contribution is 0.411. The molecule has 1 atom stereocenters. The fraction of sp³-hybridized carbons (Fsp3) is 0.667. The van der Waals surface area contributed by atoms with Crippen molar-refractivity contribution in [2.24, 2.45) is 0 Å². The quantitative estimate of drug-likeness (QED) is 0.858. The first-order valence-corrected chi connectivity index (χ1v) is 7.38. The lowest BCUT2D eigenvalue weighted by Crippen LogP contribution is -2.26. The molecule has 0 radical (unpaired) electrons. The van der Waals surface area contributed by atoms with Gasteiger partial charge in [0.1, 0.15) is 5.82 Å². The fourth-order valence-electron chi connectivity index (χ4n) is 3.11. The van der Waals surface area contributed by atoms with Gasteiger partial charge < -0.3 is 10.6 Å². The molecular weight excluding hydrogens is 222 g/mol. The standard InChI is InChI=1S/C15H23N3/c1-2-6-13(5-1)18-15-9-8-12(11-17-15)14-7-3-4-10-16-14/h8-9,11,13-14,16H,1-7,10H2,(H,17,18)/t14-/m0/s1. The number of rotatable bonds is 3. The molecule has 0 bridgehead atoms. The van der Waals surface area contributed by atoms with Gasteiger partial charge in [-0.1, -0.05) is 25.3 Å². The molecular formula is C15H23N3. The van der Waals surface area contributed by atoms with Crippen LogP contribution >= 0.6 is 0 Å². The summed E-state index contributed by atoms with van der Waals surface area (Å²) in [7, 11) is 0. The van der Waals surface area contributed by atoms with E-state index in [1.54, 1.807) is 0 Å². The molecule has 1 saturated carbocycles. The van der Waals surface area contributed by atoms with E-state index in [1.807, 2.05) is 6.20 Å². The van der Waals surface area contributed by atoms with Gasteiger partial charge in [-0.15, -0.1) is 0 Å². The molecule has 0 unspecified atom stereocenters. The third-order valence-electron chi connectivity index (χ3n) is 4.21. The fourth-order valence-corrected chi connectivity index (χ4v) is 3.11. The first-order chi connectivity index (χ1) is 8.92. The molecule has 1 aromatic heterocycles. The SMILES string of the molecule is c1cc(NC2CCCC2)ncc1[C@@H]1CCCCN1. The van der Waals surface area contributed by atoms with E-state index in [0.29, 0.717) is 12.1 Å². The highest BCUT2D eigenvalue weighted by atomic mass is 15.0. The van der Waals surface area contributed by atoms with E-state index in [0.717, 1.165) is 12.4 Å². The molecule has 3 nitrogen and oxygen atoms in total. The second-order valence-electron chi connectivity index (χ2n) is 5.60. The minimum Gasteiger partial charge on any atom is -0.367 e. The Morgan fingerprint density at radius 2 is 1.89 bits per heavy atom. The Bertz CT molecular complexity index is 362. The molecule has 1 aromatic rings. The maximum atomic E-state index is 4.57. The predicted octanol–water partition coefficient (Wildman–Crippen LogP) is 3.25. The van der Waals surface area contributed by atoms with Crippen LogP contribution in [-0.2, 0) is 0 Å².